The molecule has 1 saturated carbocycles. The summed E-state index contributed by atoms with van der Waals surface area (Å²) in [4.78, 5) is 0. The highest BCUT2D eigenvalue weighted by Gasteiger charge is 2.38. The number of hydrogen-bond donors (Lipinski definition) is 1. The molecule has 2 aliphatic rings. The van der Waals surface area contributed by atoms with Crippen molar-refractivity contribution in [3.8, 4) is 0 Å². The van der Waals surface area contributed by atoms with Crippen LogP contribution in [0.1, 0.15) is 39.0 Å². The third-order valence-corrected chi connectivity index (χ3v) is 3.23. The lowest BCUT2D eigenvalue weighted by molar-refractivity contribution is 0.330. The predicted molar refractivity (Wildman–Crippen MR) is 43.0 cm³/mol. The Hall–Kier alpha value is -0.0400. The van der Waals surface area contributed by atoms with Crippen molar-refractivity contribution >= 4 is 0 Å². The van der Waals surface area contributed by atoms with E-state index in [0.29, 0.717) is 0 Å². The average molecular weight is 139 g/mol. The summed E-state index contributed by atoms with van der Waals surface area (Å²) in [6.07, 6.45) is 7.38. The van der Waals surface area contributed by atoms with Crippen LogP contribution < -0.4 is 5.32 Å². The van der Waals surface area contributed by atoms with Crippen LogP contribution in [0.15, 0.2) is 0 Å². The monoisotopic (exact) mass is 139 g/mol. The Bertz CT molecular complexity index is 125. The highest BCUT2D eigenvalue weighted by molar-refractivity contribution is 4.94. The minimum absolute atomic E-state index is 0.749. The average Bonchev–Trinajstić information content (AvgIpc) is 2.46. The van der Waals surface area contributed by atoms with Crippen molar-refractivity contribution < 1.29 is 0 Å². The van der Waals surface area contributed by atoms with Crippen LogP contribution in [0.4, 0.5) is 0 Å². The highest BCUT2D eigenvalue weighted by atomic mass is 15.0. The Morgan fingerprint density at radius 1 is 1.30 bits per heavy atom. The van der Waals surface area contributed by atoms with Crippen LogP contribution in [0.3, 0.4) is 0 Å². The molecule has 0 aromatic carbocycles. The molecule has 58 valence electrons. The first-order valence-electron chi connectivity index (χ1n) is 4.54. The van der Waals surface area contributed by atoms with E-state index in [-0.39, 0.29) is 0 Å². The van der Waals surface area contributed by atoms with E-state index >= 15 is 0 Å². The molecule has 2 rings (SSSR count). The molecule has 1 N–H and O–H groups in total. The summed E-state index contributed by atoms with van der Waals surface area (Å²) in [5, 5.41) is 3.55. The van der Waals surface area contributed by atoms with Gasteiger partial charge in [-0.05, 0) is 31.6 Å². The fourth-order valence-electron chi connectivity index (χ4n) is 2.69. The molecule has 0 amide bonds. The minimum Gasteiger partial charge on any atom is -0.314 e. The van der Waals surface area contributed by atoms with Gasteiger partial charge < -0.3 is 5.32 Å². The first kappa shape index (κ1) is 6.66. The molecule has 1 saturated heterocycles. The van der Waals surface area contributed by atoms with Gasteiger partial charge in [-0.15, -0.1) is 0 Å². The first-order chi connectivity index (χ1) is 4.81. The number of rotatable bonds is 0. The zero-order valence-electron chi connectivity index (χ0n) is 6.82. The van der Waals surface area contributed by atoms with Crippen molar-refractivity contribution in [2.24, 2.45) is 5.41 Å². The normalized spacial score (nSPS) is 37.5. The Morgan fingerprint density at radius 2 is 2.00 bits per heavy atom. The number of hydrogen-bond acceptors (Lipinski definition) is 1. The van der Waals surface area contributed by atoms with Gasteiger partial charge in [0.1, 0.15) is 0 Å². The van der Waals surface area contributed by atoms with Crippen molar-refractivity contribution in [3.63, 3.8) is 0 Å². The van der Waals surface area contributed by atoms with Gasteiger partial charge in [-0.2, -0.15) is 0 Å². The van der Waals surface area contributed by atoms with Crippen molar-refractivity contribution in [3.05, 3.63) is 0 Å². The molecule has 1 heteroatoms. The van der Waals surface area contributed by atoms with Gasteiger partial charge in [-0.1, -0.05) is 12.8 Å². The first-order valence-corrected chi connectivity index (χ1v) is 4.54. The van der Waals surface area contributed by atoms with Crippen LogP contribution in [-0.2, 0) is 0 Å². The zero-order chi connectivity index (χ0) is 7.03. The summed E-state index contributed by atoms with van der Waals surface area (Å²) < 4.78 is 0. The van der Waals surface area contributed by atoms with Gasteiger partial charge in [0, 0.05) is 12.6 Å². The SMILES string of the molecule is C[C@@H]1CC2(CCCC2)CN1. The van der Waals surface area contributed by atoms with Crippen LogP contribution in [0.5, 0.6) is 0 Å². The molecule has 0 aromatic rings. The molecule has 1 heterocycles. The smallest absolute Gasteiger partial charge is 0.00447 e. The summed E-state index contributed by atoms with van der Waals surface area (Å²) in [7, 11) is 0. The molecule has 0 bridgehead atoms. The van der Waals surface area contributed by atoms with E-state index in [1.807, 2.05) is 0 Å². The molecule has 0 aromatic heterocycles. The maximum atomic E-state index is 3.55. The fourth-order valence-corrected chi connectivity index (χ4v) is 2.69. The Labute approximate surface area is 63.2 Å². The fraction of sp³-hybridized carbons (Fsp3) is 1.00. The van der Waals surface area contributed by atoms with E-state index in [4.69, 9.17) is 0 Å². The molecule has 1 spiro atoms. The summed E-state index contributed by atoms with van der Waals surface area (Å²) in [6, 6.07) is 0.790. The Morgan fingerprint density at radius 3 is 2.50 bits per heavy atom. The molecule has 0 radical (unpaired) electrons. The third kappa shape index (κ3) is 0.968. The minimum atomic E-state index is 0.749. The van der Waals surface area contributed by atoms with Crippen molar-refractivity contribution in [2.75, 3.05) is 6.54 Å². The predicted octanol–water partition coefficient (Wildman–Crippen LogP) is 1.93. The van der Waals surface area contributed by atoms with Crippen molar-refractivity contribution in [1.82, 2.24) is 5.32 Å². The second-order valence-electron chi connectivity index (χ2n) is 4.19. The Balaban J connectivity index is 2.03. The lowest BCUT2D eigenvalue weighted by atomic mass is 9.84. The second kappa shape index (κ2) is 2.23. The zero-order valence-corrected chi connectivity index (χ0v) is 6.82. The van der Waals surface area contributed by atoms with Gasteiger partial charge in [0.05, 0.1) is 0 Å². The lowest BCUT2D eigenvalue weighted by Gasteiger charge is -2.20. The van der Waals surface area contributed by atoms with Crippen LogP contribution in [0.25, 0.3) is 0 Å². The van der Waals surface area contributed by atoms with Gasteiger partial charge in [0.15, 0.2) is 0 Å². The van der Waals surface area contributed by atoms with Gasteiger partial charge in [0.2, 0.25) is 0 Å². The van der Waals surface area contributed by atoms with E-state index in [1.54, 1.807) is 0 Å². The van der Waals surface area contributed by atoms with Crippen LogP contribution >= 0.6 is 0 Å². The lowest BCUT2D eigenvalue weighted by Crippen LogP contribution is -2.20. The van der Waals surface area contributed by atoms with Crippen LogP contribution in [0.2, 0.25) is 0 Å². The molecule has 1 atom stereocenters. The maximum Gasteiger partial charge on any atom is 0.00447 e. The summed E-state index contributed by atoms with van der Waals surface area (Å²) in [5.41, 5.74) is 0.749. The molecule has 1 nitrogen and oxygen atoms in total. The van der Waals surface area contributed by atoms with Gasteiger partial charge in [-0.25, -0.2) is 0 Å². The van der Waals surface area contributed by atoms with Gasteiger partial charge in [-0.3, -0.25) is 0 Å². The summed E-state index contributed by atoms with van der Waals surface area (Å²) in [5.74, 6) is 0. The molecule has 1 aliphatic heterocycles. The largest absolute Gasteiger partial charge is 0.314 e. The molecular weight excluding hydrogens is 122 g/mol. The van der Waals surface area contributed by atoms with Crippen LogP contribution in [-0.4, -0.2) is 12.6 Å². The molecule has 0 unspecified atom stereocenters. The van der Waals surface area contributed by atoms with E-state index < -0.39 is 0 Å². The van der Waals surface area contributed by atoms with E-state index in [0.717, 1.165) is 11.5 Å². The topological polar surface area (TPSA) is 12.0 Å². The standard InChI is InChI=1S/C9H17N/c1-8-6-9(7-10-8)4-2-3-5-9/h8,10H,2-7H2,1H3/t8-/m1/s1. The molecule has 10 heavy (non-hydrogen) atoms. The summed E-state index contributed by atoms with van der Waals surface area (Å²) >= 11 is 0. The van der Waals surface area contributed by atoms with E-state index in [9.17, 15) is 0 Å². The highest BCUT2D eigenvalue weighted by Crippen LogP contribution is 2.44. The molecule has 2 fully saturated rings. The Kier molecular flexibility index (Phi) is 1.48. The number of nitrogens with one attached hydrogen (secondary N) is 1. The van der Waals surface area contributed by atoms with Crippen molar-refractivity contribution in [2.45, 2.75) is 45.1 Å². The quantitative estimate of drug-likeness (QED) is 0.540. The van der Waals surface area contributed by atoms with Crippen LogP contribution in [0, 0.1) is 5.41 Å². The van der Waals surface area contributed by atoms with Gasteiger partial charge in [0.25, 0.3) is 0 Å². The maximum absolute atomic E-state index is 3.55. The molecular formula is C9H17N. The van der Waals surface area contributed by atoms with Gasteiger partial charge >= 0.3 is 0 Å². The second-order valence-corrected chi connectivity index (χ2v) is 4.19. The molecule has 1 aliphatic carbocycles. The third-order valence-electron chi connectivity index (χ3n) is 3.23. The van der Waals surface area contributed by atoms with Crippen molar-refractivity contribution in [1.29, 1.82) is 0 Å². The summed E-state index contributed by atoms with van der Waals surface area (Å²) in [6.45, 7) is 3.61. The van der Waals surface area contributed by atoms with E-state index in [1.165, 1.54) is 38.6 Å². The van der Waals surface area contributed by atoms with E-state index in [2.05, 4.69) is 12.2 Å².